The number of rotatable bonds is 4. The van der Waals surface area contributed by atoms with Gasteiger partial charge in [0.2, 0.25) is 0 Å². The zero-order valence-electron chi connectivity index (χ0n) is 11.4. The molecule has 112 valence electrons. The molecule has 2 aromatic rings. The summed E-state index contributed by atoms with van der Waals surface area (Å²) >= 11 is 0. The third kappa shape index (κ3) is 2.71. The lowest BCUT2D eigenvalue weighted by molar-refractivity contribution is -0.156. The zero-order valence-corrected chi connectivity index (χ0v) is 11.4. The second kappa shape index (κ2) is 5.90. The van der Waals surface area contributed by atoms with E-state index in [1.54, 1.807) is 0 Å². The van der Waals surface area contributed by atoms with Crippen LogP contribution in [0.2, 0.25) is 0 Å². The monoisotopic (exact) mass is 294 g/mol. The number of fused-ring (bicyclic) bond motifs is 1. The number of hydrogen-bond acceptors (Lipinski definition) is 7. The Morgan fingerprint density at radius 1 is 1.24 bits per heavy atom. The highest BCUT2D eigenvalue weighted by Crippen LogP contribution is 2.25. The van der Waals surface area contributed by atoms with Gasteiger partial charge in [-0.1, -0.05) is 0 Å². The minimum atomic E-state index is -1.74. The molecule has 21 heavy (non-hydrogen) atoms. The molecule has 1 aromatic carbocycles. The molecule has 0 fully saturated rings. The highest BCUT2D eigenvalue weighted by atomic mass is 16.5. The summed E-state index contributed by atoms with van der Waals surface area (Å²) in [5.41, 5.74) is 0.842. The fourth-order valence-corrected chi connectivity index (χ4v) is 1.91. The lowest BCUT2D eigenvalue weighted by Gasteiger charge is -2.14. The van der Waals surface area contributed by atoms with Crippen LogP contribution in [0.25, 0.3) is 10.9 Å². The predicted octanol–water partition coefficient (Wildman–Crippen LogP) is -0.0832. The fraction of sp³-hybridized carbons (Fsp3) is 0.308. The minimum Gasteiger partial charge on any atom is -0.467 e. The molecular weight excluding hydrogens is 280 g/mol. The molecule has 1 aromatic heterocycles. The Balaban J connectivity index is 2.38. The van der Waals surface area contributed by atoms with Gasteiger partial charge in [-0.05, 0) is 18.2 Å². The van der Waals surface area contributed by atoms with Crippen molar-refractivity contribution in [2.45, 2.75) is 12.2 Å². The molecule has 3 N–H and O–H groups in total. The molecule has 2 rings (SSSR count). The van der Waals surface area contributed by atoms with Crippen LogP contribution < -0.4 is 0 Å². The van der Waals surface area contributed by atoms with Gasteiger partial charge in [0.05, 0.1) is 31.0 Å². The number of methoxy groups -OCH3 is 2. The number of aromatic nitrogens is 2. The molecule has 0 spiro atoms. The van der Waals surface area contributed by atoms with Crippen LogP contribution in [0.5, 0.6) is 0 Å². The van der Waals surface area contributed by atoms with E-state index in [2.05, 4.69) is 19.7 Å². The van der Waals surface area contributed by atoms with Crippen LogP contribution in [-0.4, -0.2) is 52.7 Å². The Labute approximate surface area is 119 Å². The number of aliphatic hydroxyl groups excluding tert-OH is 2. The molecule has 2 unspecified atom stereocenters. The van der Waals surface area contributed by atoms with Crippen molar-refractivity contribution in [2.75, 3.05) is 14.2 Å². The molecule has 8 nitrogen and oxygen atoms in total. The smallest absolute Gasteiger partial charge is 0.337 e. The molecule has 0 saturated carbocycles. The summed E-state index contributed by atoms with van der Waals surface area (Å²) in [5, 5.41) is 26.6. The average molecular weight is 294 g/mol. The van der Waals surface area contributed by atoms with Crippen LogP contribution in [0.3, 0.4) is 0 Å². The van der Waals surface area contributed by atoms with Gasteiger partial charge in [0.25, 0.3) is 0 Å². The van der Waals surface area contributed by atoms with Crippen molar-refractivity contribution in [3.63, 3.8) is 0 Å². The highest BCUT2D eigenvalue weighted by Gasteiger charge is 2.29. The van der Waals surface area contributed by atoms with Crippen molar-refractivity contribution in [3.8, 4) is 0 Å². The van der Waals surface area contributed by atoms with E-state index in [4.69, 9.17) is 0 Å². The summed E-state index contributed by atoms with van der Waals surface area (Å²) in [6.07, 6.45) is -3.26. The van der Waals surface area contributed by atoms with Gasteiger partial charge < -0.3 is 19.7 Å². The van der Waals surface area contributed by atoms with E-state index >= 15 is 0 Å². The van der Waals surface area contributed by atoms with E-state index in [0.717, 1.165) is 7.11 Å². The quantitative estimate of drug-likeness (QED) is 0.674. The summed E-state index contributed by atoms with van der Waals surface area (Å²) in [6.45, 7) is 0. The number of hydrogen-bond donors (Lipinski definition) is 3. The van der Waals surface area contributed by atoms with Crippen LogP contribution >= 0.6 is 0 Å². The second-order valence-electron chi connectivity index (χ2n) is 4.27. The van der Waals surface area contributed by atoms with Crippen molar-refractivity contribution in [2.24, 2.45) is 0 Å². The second-order valence-corrected chi connectivity index (χ2v) is 4.27. The Morgan fingerprint density at radius 3 is 2.57 bits per heavy atom. The number of carbonyl (C=O) groups is 2. The highest BCUT2D eigenvalue weighted by molar-refractivity contribution is 5.95. The fourth-order valence-electron chi connectivity index (χ4n) is 1.91. The molecule has 1 heterocycles. The van der Waals surface area contributed by atoms with Crippen molar-refractivity contribution >= 4 is 22.8 Å². The van der Waals surface area contributed by atoms with Gasteiger partial charge in [0.15, 0.2) is 6.10 Å². The van der Waals surface area contributed by atoms with E-state index in [9.17, 15) is 19.8 Å². The van der Waals surface area contributed by atoms with Gasteiger partial charge in [-0.25, -0.2) is 9.59 Å². The molecule has 0 amide bonds. The first-order chi connectivity index (χ1) is 9.99. The van der Waals surface area contributed by atoms with Gasteiger partial charge in [-0.15, -0.1) is 0 Å². The van der Waals surface area contributed by atoms with Crippen LogP contribution in [0.1, 0.15) is 22.2 Å². The van der Waals surface area contributed by atoms with E-state index < -0.39 is 24.1 Å². The maximum absolute atomic E-state index is 11.4. The number of aliphatic hydroxyl groups is 2. The van der Waals surface area contributed by atoms with Crippen molar-refractivity contribution in [3.05, 3.63) is 29.5 Å². The van der Waals surface area contributed by atoms with E-state index in [1.165, 1.54) is 25.3 Å². The van der Waals surface area contributed by atoms with Crippen molar-refractivity contribution in [1.82, 2.24) is 10.2 Å². The lowest BCUT2D eigenvalue weighted by atomic mass is 10.1. The van der Waals surface area contributed by atoms with Gasteiger partial charge in [-0.2, -0.15) is 5.10 Å². The molecular formula is C13H14N2O6. The number of ether oxygens (including phenoxy) is 2. The number of nitrogens with zero attached hydrogens (tertiary/aromatic N) is 1. The van der Waals surface area contributed by atoms with Crippen molar-refractivity contribution < 1.29 is 29.3 Å². The first-order valence-electron chi connectivity index (χ1n) is 6.00. The third-order valence-corrected chi connectivity index (χ3v) is 3.04. The van der Waals surface area contributed by atoms with Crippen LogP contribution in [-0.2, 0) is 14.3 Å². The number of nitrogens with one attached hydrogen (secondary N) is 1. The SMILES string of the molecule is COC(=O)c1ccc2c(C(O)C(O)C(=O)OC)[nH]nc2c1. The standard InChI is InChI=1S/C13H14N2O6/c1-20-12(18)6-3-4-7-8(5-6)14-15-9(7)10(16)11(17)13(19)21-2/h3-5,10-11,16-17H,1-2H3,(H,14,15). The van der Waals surface area contributed by atoms with Crippen LogP contribution in [0, 0.1) is 0 Å². The summed E-state index contributed by atoms with van der Waals surface area (Å²) in [5.74, 6) is -1.48. The molecule has 0 saturated heterocycles. The maximum atomic E-state index is 11.4. The number of esters is 2. The molecule has 8 heteroatoms. The topological polar surface area (TPSA) is 122 Å². The van der Waals surface area contributed by atoms with Crippen LogP contribution in [0.4, 0.5) is 0 Å². The Bertz CT molecular complexity index is 680. The molecule has 0 aliphatic rings. The Kier molecular flexibility index (Phi) is 4.20. The normalized spacial score (nSPS) is 13.7. The van der Waals surface area contributed by atoms with Gasteiger partial charge in [0, 0.05) is 5.39 Å². The minimum absolute atomic E-state index is 0.152. The summed E-state index contributed by atoms with van der Waals surface area (Å²) in [6, 6.07) is 4.50. The zero-order chi connectivity index (χ0) is 15.6. The summed E-state index contributed by atoms with van der Waals surface area (Å²) < 4.78 is 8.96. The molecule has 0 aliphatic heterocycles. The van der Waals surface area contributed by atoms with E-state index in [1.807, 2.05) is 0 Å². The van der Waals surface area contributed by atoms with Gasteiger partial charge in [0.1, 0.15) is 6.10 Å². The Hall–Kier alpha value is -2.45. The number of carbonyl (C=O) groups excluding carboxylic acids is 2. The predicted molar refractivity (Wildman–Crippen MR) is 70.4 cm³/mol. The largest absolute Gasteiger partial charge is 0.467 e. The maximum Gasteiger partial charge on any atom is 0.337 e. The number of benzene rings is 1. The number of aromatic amines is 1. The first kappa shape index (κ1) is 14.9. The molecule has 0 bridgehead atoms. The van der Waals surface area contributed by atoms with Crippen LogP contribution in [0.15, 0.2) is 18.2 Å². The van der Waals surface area contributed by atoms with Gasteiger partial charge >= 0.3 is 11.9 Å². The molecule has 2 atom stereocenters. The van der Waals surface area contributed by atoms with E-state index in [0.29, 0.717) is 16.5 Å². The first-order valence-corrected chi connectivity index (χ1v) is 6.00. The third-order valence-electron chi connectivity index (χ3n) is 3.04. The molecule has 0 radical (unpaired) electrons. The Morgan fingerprint density at radius 2 is 1.95 bits per heavy atom. The average Bonchev–Trinajstić information content (AvgIpc) is 2.94. The summed E-state index contributed by atoms with van der Waals surface area (Å²) in [7, 11) is 2.37. The summed E-state index contributed by atoms with van der Waals surface area (Å²) in [4.78, 5) is 22.7. The van der Waals surface area contributed by atoms with Gasteiger partial charge in [-0.3, -0.25) is 5.10 Å². The lowest BCUT2D eigenvalue weighted by Crippen LogP contribution is -2.29. The van der Waals surface area contributed by atoms with E-state index in [-0.39, 0.29) is 5.69 Å². The number of H-pyrrole nitrogens is 1. The van der Waals surface area contributed by atoms with Crippen molar-refractivity contribution in [1.29, 1.82) is 0 Å². The molecule has 0 aliphatic carbocycles.